The Hall–Kier alpha value is -1.65. The van der Waals surface area contributed by atoms with E-state index in [2.05, 4.69) is 25.3 Å². The molecule has 0 atom stereocenters. The third-order valence-electron chi connectivity index (χ3n) is 5.83. The molecule has 172 valence electrons. The average molecular weight is 515 g/mol. The van der Waals surface area contributed by atoms with Crippen molar-refractivity contribution in [3.05, 3.63) is 39.0 Å². The maximum Gasteiger partial charge on any atom is 0.242 e. The first-order valence-corrected chi connectivity index (χ1v) is 13.5. The van der Waals surface area contributed by atoms with Gasteiger partial charge in [0.15, 0.2) is 0 Å². The van der Waals surface area contributed by atoms with Gasteiger partial charge < -0.3 is 10.6 Å². The summed E-state index contributed by atoms with van der Waals surface area (Å²) >= 11 is 12.9. The van der Waals surface area contributed by atoms with Crippen molar-refractivity contribution in [2.75, 3.05) is 30.8 Å². The fourth-order valence-electron chi connectivity index (χ4n) is 4.04. The molecule has 0 radical (unpaired) electrons. The predicted octanol–water partition coefficient (Wildman–Crippen LogP) is 5.24. The van der Waals surface area contributed by atoms with E-state index in [9.17, 15) is 8.42 Å². The van der Waals surface area contributed by atoms with E-state index in [4.69, 9.17) is 23.2 Å². The van der Waals surface area contributed by atoms with E-state index in [1.807, 2.05) is 31.3 Å². The molecular weight excluding hydrogens is 489 g/mol. The number of anilines is 2. The second-order valence-electron chi connectivity index (χ2n) is 7.97. The van der Waals surface area contributed by atoms with Gasteiger partial charge in [0.05, 0.1) is 9.85 Å². The van der Waals surface area contributed by atoms with E-state index in [0.29, 0.717) is 28.7 Å². The Morgan fingerprint density at radius 3 is 2.41 bits per heavy atom. The smallest absolute Gasteiger partial charge is 0.242 e. The first-order chi connectivity index (χ1) is 15.4. The molecule has 1 saturated carbocycles. The first-order valence-electron chi connectivity index (χ1n) is 10.5. The quantitative estimate of drug-likeness (QED) is 0.381. The molecule has 1 aliphatic carbocycles. The molecular formula is C21H25Cl2N5O2S2. The average Bonchev–Trinajstić information content (AvgIpc) is 3.15. The molecule has 1 aliphatic rings. The summed E-state index contributed by atoms with van der Waals surface area (Å²) in [5.41, 5.74) is 0.900. The third kappa shape index (κ3) is 5.46. The van der Waals surface area contributed by atoms with E-state index in [1.54, 1.807) is 0 Å². The topological polar surface area (TPSA) is 96.0 Å². The Bertz CT molecular complexity index is 1190. The number of aromatic nitrogens is 2. The molecule has 0 unspecified atom stereocenters. The monoisotopic (exact) mass is 513 g/mol. The minimum Gasteiger partial charge on any atom is -0.372 e. The van der Waals surface area contributed by atoms with Gasteiger partial charge in [0.1, 0.15) is 15.0 Å². The molecule has 2 heterocycles. The number of para-hydroxylation sites is 1. The van der Waals surface area contributed by atoms with Gasteiger partial charge in [-0.1, -0.05) is 35.3 Å². The molecule has 0 saturated heterocycles. The lowest BCUT2D eigenvalue weighted by atomic mass is 9.82. The van der Waals surface area contributed by atoms with Crippen LogP contribution < -0.4 is 15.4 Å². The van der Waals surface area contributed by atoms with Crippen LogP contribution in [-0.2, 0) is 10.0 Å². The van der Waals surface area contributed by atoms with Crippen molar-refractivity contribution in [3.8, 4) is 0 Å². The van der Waals surface area contributed by atoms with Gasteiger partial charge in [-0.05, 0) is 55.7 Å². The van der Waals surface area contributed by atoms with Crippen molar-refractivity contribution in [2.45, 2.75) is 30.6 Å². The van der Waals surface area contributed by atoms with Gasteiger partial charge in [-0.25, -0.2) is 18.1 Å². The number of hydrogen-bond donors (Lipinski definition) is 3. The van der Waals surface area contributed by atoms with Crippen LogP contribution in [0.25, 0.3) is 10.9 Å². The largest absolute Gasteiger partial charge is 0.372 e. The SMILES string of the molecule is CNc1nc(NC[C@H]2CC[C@H](CNS(=O)(=O)c3cc(Cl)sc3Cl)CC2)nc2ccccc12. The highest BCUT2D eigenvalue weighted by molar-refractivity contribution is 7.89. The van der Waals surface area contributed by atoms with Crippen LogP contribution in [0.15, 0.2) is 35.2 Å². The van der Waals surface area contributed by atoms with Crippen LogP contribution in [0.1, 0.15) is 25.7 Å². The van der Waals surface area contributed by atoms with Crippen LogP contribution in [0.5, 0.6) is 0 Å². The van der Waals surface area contributed by atoms with Gasteiger partial charge in [0, 0.05) is 25.5 Å². The molecule has 11 heteroatoms. The van der Waals surface area contributed by atoms with Gasteiger partial charge in [0.2, 0.25) is 16.0 Å². The molecule has 1 aromatic carbocycles. The molecule has 3 aromatic rings. The number of thiophene rings is 1. The lowest BCUT2D eigenvalue weighted by molar-refractivity contribution is 0.284. The number of rotatable bonds is 8. The lowest BCUT2D eigenvalue weighted by Gasteiger charge is -2.28. The highest BCUT2D eigenvalue weighted by atomic mass is 35.5. The summed E-state index contributed by atoms with van der Waals surface area (Å²) < 4.78 is 28.2. The van der Waals surface area contributed by atoms with Gasteiger partial charge in [0.25, 0.3) is 0 Å². The maximum absolute atomic E-state index is 12.5. The fraction of sp³-hybridized carbons (Fsp3) is 0.429. The minimum absolute atomic E-state index is 0.0587. The molecule has 2 aromatic heterocycles. The predicted molar refractivity (Wildman–Crippen MR) is 133 cm³/mol. The Morgan fingerprint density at radius 2 is 1.75 bits per heavy atom. The van der Waals surface area contributed by atoms with Crippen LogP contribution in [0.2, 0.25) is 8.67 Å². The van der Waals surface area contributed by atoms with E-state index >= 15 is 0 Å². The Morgan fingerprint density at radius 1 is 1.06 bits per heavy atom. The summed E-state index contributed by atoms with van der Waals surface area (Å²) in [6.07, 6.45) is 3.98. The standard InChI is InChI=1S/C21H25Cl2N5O2S2/c1-24-20-15-4-2-3-5-16(15)27-21(28-20)25-11-13-6-8-14(9-7-13)12-26-32(29,30)17-10-18(22)31-19(17)23/h2-5,10,13-14,26H,6-9,11-12H2,1H3,(H2,24,25,27,28)/t13-,14-. The highest BCUT2D eigenvalue weighted by Gasteiger charge is 2.25. The van der Waals surface area contributed by atoms with Gasteiger partial charge in [-0.15, -0.1) is 11.3 Å². The number of sulfonamides is 1. The van der Waals surface area contributed by atoms with Crippen LogP contribution in [0.4, 0.5) is 11.8 Å². The van der Waals surface area contributed by atoms with Gasteiger partial charge in [-0.3, -0.25) is 0 Å². The summed E-state index contributed by atoms with van der Waals surface area (Å²) in [4.78, 5) is 9.26. The Labute approximate surface area is 202 Å². The molecule has 32 heavy (non-hydrogen) atoms. The molecule has 4 rings (SSSR count). The number of fused-ring (bicyclic) bond motifs is 1. The van der Waals surface area contributed by atoms with Crippen molar-refractivity contribution in [1.29, 1.82) is 0 Å². The van der Waals surface area contributed by atoms with Crippen molar-refractivity contribution in [3.63, 3.8) is 0 Å². The number of hydrogen-bond acceptors (Lipinski definition) is 7. The molecule has 0 amide bonds. The number of nitrogens with zero attached hydrogens (tertiary/aromatic N) is 2. The minimum atomic E-state index is -3.64. The second kappa shape index (κ2) is 10.1. The first kappa shape index (κ1) is 23.5. The Kier molecular flexibility index (Phi) is 7.41. The van der Waals surface area contributed by atoms with Gasteiger partial charge in [-0.2, -0.15) is 4.98 Å². The number of nitrogens with one attached hydrogen (secondary N) is 3. The molecule has 3 N–H and O–H groups in total. The van der Waals surface area contributed by atoms with E-state index in [0.717, 1.165) is 60.3 Å². The summed E-state index contributed by atoms with van der Waals surface area (Å²) in [5.74, 6) is 2.23. The highest BCUT2D eigenvalue weighted by Crippen LogP contribution is 2.34. The van der Waals surface area contributed by atoms with Crippen LogP contribution in [-0.4, -0.2) is 38.5 Å². The van der Waals surface area contributed by atoms with Crippen LogP contribution in [0, 0.1) is 11.8 Å². The number of halogens is 2. The van der Waals surface area contributed by atoms with Crippen LogP contribution >= 0.6 is 34.5 Å². The second-order valence-corrected chi connectivity index (χ2v) is 12.0. The van der Waals surface area contributed by atoms with Gasteiger partial charge >= 0.3 is 0 Å². The van der Waals surface area contributed by atoms with Crippen molar-refractivity contribution < 1.29 is 8.42 Å². The third-order valence-corrected chi connectivity index (χ3v) is 9.01. The van der Waals surface area contributed by atoms with Crippen molar-refractivity contribution in [1.82, 2.24) is 14.7 Å². The molecule has 7 nitrogen and oxygen atoms in total. The summed E-state index contributed by atoms with van der Waals surface area (Å²) in [7, 11) is -1.79. The van der Waals surface area contributed by atoms with E-state index < -0.39 is 10.0 Å². The van der Waals surface area contributed by atoms with E-state index in [1.165, 1.54) is 6.07 Å². The zero-order chi connectivity index (χ0) is 22.7. The van der Waals surface area contributed by atoms with Crippen molar-refractivity contribution >= 4 is 67.2 Å². The summed E-state index contributed by atoms with van der Waals surface area (Å²) in [5, 5.41) is 7.51. The van der Waals surface area contributed by atoms with Crippen LogP contribution in [0.3, 0.4) is 0 Å². The normalized spacial score (nSPS) is 19.2. The maximum atomic E-state index is 12.5. The zero-order valence-electron chi connectivity index (χ0n) is 17.6. The Balaban J connectivity index is 1.27. The molecule has 0 bridgehead atoms. The molecule has 0 spiro atoms. The fourth-order valence-corrected chi connectivity index (χ4v) is 7.30. The summed E-state index contributed by atoms with van der Waals surface area (Å²) in [6.45, 7) is 1.20. The zero-order valence-corrected chi connectivity index (χ0v) is 20.7. The summed E-state index contributed by atoms with van der Waals surface area (Å²) in [6, 6.07) is 9.32. The number of benzene rings is 1. The van der Waals surface area contributed by atoms with Crippen molar-refractivity contribution in [2.24, 2.45) is 11.8 Å². The lowest BCUT2D eigenvalue weighted by Crippen LogP contribution is -2.32. The molecule has 1 fully saturated rings. The van der Waals surface area contributed by atoms with E-state index in [-0.39, 0.29) is 9.23 Å². The molecule has 0 aliphatic heterocycles.